The standard InChI is InChI=1S/C17H14BrNO/c1-12-7-8-14(11-16(12)18)17(20)15(9-10-19)13-5-3-2-4-6-13/h2-8,11,15H,9H2,1H3. The largest absolute Gasteiger partial charge is 0.293 e. The Labute approximate surface area is 127 Å². The van der Waals surface area contributed by atoms with Gasteiger partial charge in [-0.3, -0.25) is 4.79 Å². The van der Waals surface area contributed by atoms with Crippen molar-refractivity contribution in [2.24, 2.45) is 0 Å². The Morgan fingerprint density at radius 1 is 1.25 bits per heavy atom. The fourth-order valence-corrected chi connectivity index (χ4v) is 2.46. The van der Waals surface area contributed by atoms with Crippen LogP contribution in [0.2, 0.25) is 0 Å². The number of benzene rings is 2. The summed E-state index contributed by atoms with van der Waals surface area (Å²) in [6.45, 7) is 1.97. The highest BCUT2D eigenvalue weighted by molar-refractivity contribution is 9.10. The minimum Gasteiger partial charge on any atom is -0.293 e. The Hall–Kier alpha value is -1.92. The molecule has 0 saturated heterocycles. The topological polar surface area (TPSA) is 40.9 Å². The van der Waals surface area contributed by atoms with E-state index in [0.717, 1.165) is 15.6 Å². The zero-order valence-electron chi connectivity index (χ0n) is 11.1. The number of nitrogens with zero attached hydrogens (tertiary/aromatic N) is 1. The summed E-state index contributed by atoms with van der Waals surface area (Å²) in [5.41, 5.74) is 2.60. The van der Waals surface area contributed by atoms with Crippen molar-refractivity contribution in [3.63, 3.8) is 0 Å². The molecule has 0 aliphatic heterocycles. The number of halogens is 1. The fraction of sp³-hybridized carbons (Fsp3) is 0.176. The predicted molar refractivity (Wildman–Crippen MR) is 82.6 cm³/mol. The van der Waals surface area contributed by atoms with E-state index in [2.05, 4.69) is 22.0 Å². The molecule has 0 aliphatic rings. The molecule has 20 heavy (non-hydrogen) atoms. The monoisotopic (exact) mass is 327 g/mol. The van der Waals surface area contributed by atoms with Gasteiger partial charge in [-0.15, -0.1) is 0 Å². The lowest BCUT2D eigenvalue weighted by Gasteiger charge is -2.13. The van der Waals surface area contributed by atoms with Crippen molar-refractivity contribution < 1.29 is 4.79 Å². The first-order valence-electron chi connectivity index (χ1n) is 6.35. The molecule has 0 aromatic heterocycles. The number of hydrogen-bond donors (Lipinski definition) is 0. The molecule has 3 heteroatoms. The van der Waals surface area contributed by atoms with Gasteiger partial charge in [0.15, 0.2) is 5.78 Å². The number of nitriles is 1. The summed E-state index contributed by atoms with van der Waals surface area (Å²) >= 11 is 3.44. The Balaban J connectivity index is 2.37. The molecular weight excluding hydrogens is 314 g/mol. The molecule has 1 unspecified atom stereocenters. The van der Waals surface area contributed by atoms with E-state index in [1.54, 1.807) is 0 Å². The summed E-state index contributed by atoms with van der Waals surface area (Å²) in [4.78, 5) is 12.6. The number of Topliss-reactive ketones (excluding diaryl/α,β-unsaturated/α-hetero) is 1. The van der Waals surface area contributed by atoms with Gasteiger partial charge >= 0.3 is 0 Å². The van der Waals surface area contributed by atoms with Gasteiger partial charge in [0.1, 0.15) is 0 Å². The lowest BCUT2D eigenvalue weighted by Crippen LogP contribution is -2.12. The van der Waals surface area contributed by atoms with E-state index in [1.807, 2.05) is 55.5 Å². The van der Waals surface area contributed by atoms with Crippen LogP contribution in [-0.4, -0.2) is 5.78 Å². The van der Waals surface area contributed by atoms with E-state index in [-0.39, 0.29) is 12.2 Å². The number of carbonyl (C=O) groups is 1. The molecule has 2 nitrogen and oxygen atoms in total. The summed E-state index contributed by atoms with van der Waals surface area (Å²) in [7, 11) is 0. The number of hydrogen-bond acceptors (Lipinski definition) is 2. The summed E-state index contributed by atoms with van der Waals surface area (Å²) in [6, 6.07) is 17.1. The van der Waals surface area contributed by atoms with E-state index < -0.39 is 5.92 Å². The SMILES string of the molecule is Cc1ccc(C(=O)C(CC#N)c2ccccc2)cc1Br. The maximum absolute atomic E-state index is 12.6. The van der Waals surface area contributed by atoms with Crippen molar-refractivity contribution >= 4 is 21.7 Å². The summed E-state index contributed by atoms with van der Waals surface area (Å²) < 4.78 is 0.909. The van der Waals surface area contributed by atoms with Crippen LogP contribution in [0.4, 0.5) is 0 Å². The third kappa shape index (κ3) is 3.15. The first-order chi connectivity index (χ1) is 9.63. The van der Waals surface area contributed by atoms with E-state index in [9.17, 15) is 4.79 Å². The quantitative estimate of drug-likeness (QED) is 0.767. The fourth-order valence-electron chi connectivity index (χ4n) is 2.09. The van der Waals surface area contributed by atoms with Crippen LogP contribution in [0.5, 0.6) is 0 Å². The van der Waals surface area contributed by atoms with Crippen LogP contribution in [0.15, 0.2) is 53.0 Å². The van der Waals surface area contributed by atoms with Gasteiger partial charge in [-0.25, -0.2) is 0 Å². The van der Waals surface area contributed by atoms with Gasteiger partial charge in [-0.1, -0.05) is 58.4 Å². The Morgan fingerprint density at radius 2 is 1.95 bits per heavy atom. The normalized spacial score (nSPS) is 11.7. The molecule has 0 heterocycles. The van der Waals surface area contributed by atoms with Gasteiger partial charge < -0.3 is 0 Å². The molecule has 0 aliphatic carbocycles. The van der Waals surface area contributed by atoms with E-state index in [0.29, 0.717) is 5.56 Å². The van der Waals surface area contributed by atoms with Gasteiger partial charge in [-0.2, -0.15) is 5.26 Å². The minimum atomic E-state index is -0.407. The smallest absolute Gasteiger partial charge is 0.171 e. The van der Waals surface area contributed by atoms with Crippen LogP contribution in [0, 0.1) is 18.3 Å². The number of rotatable bonds is 4. The first kappa shape index (κ1) is 14.5. The second-order valence-electron chi connectivity index (χ2n) is 4.65. The molecule has 0 spiro atoms. The summed E-state index contributed by atoms with van der Waals surface area (Å²) in [5.74, 6) is -0.422. The number of carbonyl (C=O) groups excluding carboxylic acids is 1. The van der Waals surface area contributed by atoms with Crippen molar-refractivity contribution in [2.75, 3.05) is 0 Å². The average molecular weight is 328 g/mol. The van der Waals surface area contributed by atoms with Crippen molar-refractivity contribution in [1.29, 1.82) is 5.26 Å². The zero-order valence-corrected chi connectivity index (χ0v) is 12.7. The third-order valence-corrected chi connectivity index (χ3v) is 4.12. The van der Waals surface area contributed by atoms with Crippen molar-refractivity contribution in [3.05, 3.63) is 69.7 Å². The van der Waals surface area contributed by atoms with Crippen LogP contribution in [0.25, 0.3) is 0 Å². The minimum absolute atomic E-state index is 0.0153. The molecule has 1 atom stereocenters. The lowest BCUT2D eigenvalue weighted by atomic mass is 9.88. The maximum atomic E-state index is 12.6. The van der Waals surface area contributed by atoms with E-state index in [4.69, 9.17) is 5.26 Å². The Bertz CT molecular complexity index is 658. The highest BCUT2D eigenvalue weighted by atomic mass is 79.9. The summed E-state index contributed by atoms with van der Waals surface area (Å²) in [6.07, 6.45) is 0.189. The molecule has 2 rings (SSSR count). The zero-order chi connectivity index (χ0) is 14.5. The Morgan fingerprint density at radius 3 is 2.55 bits per heavy atom. The first-order valence-corrected chi connectivity index (χ1v) is 7.15. The van der Waals surface area contributed by atoms with Gasteiger partial charge in [0.25, 0.3) is 0 Å². The molecule has 0 saturated carbocycles. The van der Waals surface area contributed by atoms with Crippen molar-refractivity contribution in [2.45, 2.75) is 19.3 Å². The molecular formula is C17H14BrNO. The van der Waals surface area contributed by atoms with Gasteiger partial charge in [0, 0.05) is 16.5 Å². The molecule has 0 radical (unpaired) electrons. The predicted octanol–water partition coefficient (Wildman–Crippen LogP) is 4.64. The van der Waals surface area contributed by atoms with Gasteiger partial charge in [0.2, 0.25) is 0 Å². The van der Waals surface area contributed by atoms with Crippen LogP contribution in [0.3, 0.4) is 0 Å². The second kappa shape index (κ2) is 6.49. The molecule has 0 amide bonds. The number of ketones is 1. The third-order valence-electron chi connectivity index (χ3n) is 3.27. The average Bonchev–Trinajstić information content (AvgIpc) is 2.48. The summed E-state index contributed by atoms with van der Waals surface area (Å²) in [5, 5.41) is 8.98. The van der Waals surface area contributed by atoms with Crippen LogP contribution >= 0.6 is 15.9 Å². The van der Waals surface area contributed by atoms with Crippen LogP contribution in [0.1, 0.15) is 33.8 Å². The lowest BCUT2D eigenvalue weighted by molar-refractivity contribution is 0.0960. The molecule has 2 aromatic rings. The highest BCUT2D eigenvalue weighted by Gasteiger charge is 2.22. The van der Waals surface area contributed by atoms with Gasteiger partial charge in [0.05, 0.1) is 12.0 Å². The number of aryl methyl sites for hydroxylation is 1. The van der Waals surface area contributed by atoms with E-state index in [1.165, 1.54) is 0 Å². The second-order valence-corrected chi connectivity index (χ2v) is 5.51. The van der Waals surface area contributed by atoms with E-state index >= 15 is 0 Å². The maximum Gasteiger partial charge on any atom is 0.171 e. The van der Waals surface area contributed by atoms with Crippen LogP contribution in [-0.2, 0) is 0 Å². The van der Waals surface area contributed by atoms with Crippen molar-refractivity contribution in [1.82, 2.24) is 0 Å². The van der Waals surface area contributed by atoms with Gasteiger partial charge in [-0.05, 0) is 24.1 Å². The molecule has 0 bridgehead atoms. The molecule has 100 valence electrons. The van der Waals surface area contributed by atoms with Crippen molar-refractivity contribution in [3.8, 4) is 6.07 Å². The Kier molecular flexibility index (Phi) is 4.70. The molecule has 2 aromatic carbocycles. The van der Waals surface area contributed by atoms with Crippen LogP contribution < -0.4 is 0 Å². The molecule has 0 fully saturated rings. The molecule has 0 N–H and O–H groups in total. The highest BCUT2D eigenvalue weighted by Crippen LogP contribution is 2.26.